The van der Waals surface area contributed by atoms with Crippen LogP contribution in [0.25, 0.3) is 0 Å². The zero-order valence-electron chi connectivity index (χ0n) is 12.5. The van der Waals surface area contributed by atoms with Crippen LogP contribution in [0.4, 0.5) is 4.79 Å². The van der Waals surface area contributed by atoms with Crippen molar-refractivity contribution in [1.29, 1.82) is 0 Å². The summed E-state index contributed by atoms with van der Waals surface area (Å²) in [4.78, 5) is 22.3. The summed E-state index contributed by atoms with van der Waals surface area (Å²) in [5, 5.41) is 14.6. The fourth-order valence-electron chi connectivity index (χ4n) is 2.75. The monoisotopic (exact) mass is 284 g/mol. The second-order valence-corrected chi connectivity index (χ2v) is 5.78. The smallest absolute Gasteiger partial charge is 0.315 e. The van der Waals surface area contributed by atoms with Crippen molar-refractivity contribution in [2.24, 2.45) is 5.92 Å². The molecule has 0 aliphatic heterocycles. The van der Waals surface area contributed by atoms with Crippen molar-refractivity contribution < 1.29 is 14.7 Å². The molecule has 1 saturated carbocycles. The molecule has 5 heteroatoms. The van der Waals surface area contributed by atoms with Crippen LogP contribution < -0.4 is 10.6 Å². The minimum Gasteiger partial charge on any atom is -0.481 e. The molecule has 0 heterocycles. The molecule has 1 rings (SSSR count). The maximum Gasteiger partial charge on any atom is 0.315 e. The minimum atomic E-state index is -0.716. The van der Waals surface area contributed by atoms with Gasteiger partial charge in [-0.3, -0.25) is 4.79 Å². The quantitative estimate of drug-likeness (QED) is 0.600. The van der Waals surface area contributed by atoms with Crippen molar-refractivity contribution in [2.45, 2.75) is 70.8 Å². The third-order valence-corrected chi connectivity index (χ3v) is 3.96. The van der Waals surface area contributed by atoms with Gasteiger partial charge in [0.15, 0.2) is 0 Å². The Balaban J connectivity index is 2.07. The average molecular weight is 284 g/mol. The summed E-state index contributed by atoms with van der Waals surface area (Å²) >= 11 is 0. The number of hydrogen-bond acceptors (Lipinski definition) is 2. The number of amides is 2. The van der Waals surface area contributed by atoms with Crippen LogP contribution in [0.5, 0.6) is 0 Å². The van der Waals surface area contributed by atoms with Gasteiger partial charge in [0.25, 0.3) is 0 Å². The Morgan fingerprint density at radius 2 is 1.80 bits per heavy atom. The second kappa shape index (κ2) is 9.61. The summed E-state index contributed by atoms with van der Waals surface area (Å²) in [6.07, 6.45) is 8.45. The van der Waals surface area contributed by atoms with Crippen molar-refractivity contribution >= 4 is 12.0 Å². The van der Waals surface area contributed by atoms with E-state index in [9.17, 15) is 9.59 Å². The molecule has 116 valence electrons. The molecule has 0 spiro atoms. The van der Waals surface area contributed by atoms with Crippen molar-refractivity contribution in [1.82, 2.24) is 10.6 Å². The van der Waals surface area contributed by atoms with Gasteiger partial charge in [-0.2, -0.15) is 0 Å². The second-order valence-electron chi connectivity index (χ2n) is 5.78. The Kier molecular flexibility index (Phi) is 8.07. The van der Waals surface area contributed by atoms with Crippen LogP contribution in [0.1, 0.15) is 64.7 Å². The van der Waals surface area contributed by atoms with Crippen LogP contribution in [0.3, 0.4) is 0 Å². The Morgan fingerprint density at radius 1 is 1.10 bits per heavy atom. The van der Waals surface area contributed by atoms with Gasteiger partial charge in [0.05, 0.1) is 0 Å². The number of nitrogens with one attached hydrogen (secondary N) is 2. The highest BCUT2D eigenvalue weighted by molar-refractivity contribution is 5.74. The van der Waals surface area contributed by atoms with Crippen LogP contribution >= 0.6 is 0 Å². The van der Waals surface area contributed by atoms with Crippen LogP contribution in [0.2, 0.25) is 0 Å². The first-order chi connectivity index (χ1) is 9.61. The first-order valence-corrected chi connectivity index (χ1v) is 7.88. The Hall–Kier alpha value is -1.26. The maximum absolute atomic E-state index is 11.7. The van der Waals surface area contributed by atoms with Gasteiger partial charge < -0.3 is 15.7 Å². The fraction of sp³-hybridized carbons (Fsp3) is 0.867. The lowest BCUT2D eigenvalue weighted by molar-refractivity contribution is -0.138. The zero-order valence-corrected chi connectivity index (χ0v) is 12.5. The summed E-state index contributed by atoms with van der Waals surface area (Å²) in [5.41, 5.74) is 0. The van der Waals surface area contributed by atoms with Gasteiger partial charge in [0, 0.05) is 19.0 Å². The number of carboxylic acids is 1. The molecule has 1 fully saturated rings. The molecule has 0 aromatic heterocycles. The molecule has 20 heavy (non-hydrogen) atoms. The largest absolute Gasteiger partial charge is 0.481 e. The molecule has 1 aliphatic rings. The Morgan fingerprint density at radius 3 is 2.40 bits per heavy atom. The van der Waals surface area contributed by atoms with Gasteiger partial charge in [-0.05, 0) is 38.0 Å². The summed E-state index contributed by atoms with van der Waals surface area (Å²) < 4.78 is 0. The molecule has 3 N–H and O–H groups in total. The van der Waals surface area contributed by atoms with Gasteiger partial charge >= 0.3 is 12.0 Å². The number of unbranched alkanes of at least 4 members (excludes halogenated alkanes) is 3. The fourth-order valence-corrected chi connectivity index (χ4v) is 2.75. The van der Waals surface area contributed by atoms with E-state index in [1.54, 1.807) is 0 Å². The van der Waals surface area contributed by atoms with E-state index in [0.717, 1.165) is 45.1 Å². The predicted molar refractivity (Wildman–Crippen MR) is 78.7 cm³/mol. The van der Waals surface area contributed by atoms with Gasteiger partial charge in [-0.1, -0.05) is 26.2 Å². The summed E-state index contributed by atoms with van der Waals surface area (Å²) in [7, 11) is 0. The number of carboxylic acid groups (broad SMARTS) is 1. The van der Waals surface area contributed by atoms with E-state index in [1.165, 1.54) is 12.8 Å². The number of carbonyl (C=O) groups is 2. The highest BCUT2D eigenvalue weighted by Gasteiger charge is 2.23. The predicted octanol–water partition coefficient (Wildman–Crippen LogP) is 2.90. The molecule has 0 bridgehead atoms. The highest BCUT2D eigenvalue weighted by atomic mass is 16.4. The topological polar surface area (TPSA) is 78.4 Å². The zero-order chi connectivity index (χ0) is 14.8. The molecule has 2 amide bonds. The lowest BCUT2D eigenvalue weighted by atomic mass is 9.84. The molecular weight excluding hydrogens is 256 g/mol. The van der Waals surface area contributed by atoms with Crippen molar-refractivity contribution in [3.63, 3.8) is 0 Å². The van der Waals surface area contributed by atoms with E-state index >= 15 is 0 Å². The molecular formula is C15H28N2O3. The minimum absolute atomic E-state index is 0.0804. The van der Waals surface area contributed by atoms with Crippen molar-refractivity contribution in [2.75, 3.05) is 6.54 Å². The first kappa shape index (κ1) is 16.8. The average Bonchev–Trinajstić information content (AvgIpc) is 2.40. The van der Waals surface area contributed by atoms with E-state index in [1.807, 2.05) is 0 Å². The number of urea groups is 1. The van der Waals surface area contributed by atoms with E-state index in [4.69, 9.17) is 5.11 Å². The van der Waals surface area contributed by atoms with Crippen LogP contribution in [0, 0.1) is 5.92 Å². The summed E-state index contributed by atoms with van der Waals surface area (Å²) in [5.74, 6) is -0.436. The van der Waals surface area contributed by atoms with Gasteiger partial charge in [-0.25, -0.2) is 4.79 Å². The third-order valence-electron chi connectivity index (χ3n) is 3.96. The first-order valence-electron chi connectivity index (χ1n) is 7.88. The Bertz CT molecular complexity index is 299. The normalized spacial score (nSPS) is 22.2. The molecule has 5 nitrogen and oxygen atoms in total. The van der Waals surface area contributed by atoms with E-state index < -0.39 is 5.97 Å². The lowest BCUT2D eigenvalue weighted by Gasteiger charge is -2.28. The standard InChI is InChI=1S/C15H28N2O3/c1-2-3-4-5-10-16-15(20)17-13-8-6-12(7-9-13)11-14(18)19/h12-13H,2-11H2,1H3,(H,18,19)(H2,16,17,20). The molecule has 0 aromatic carbocycles. The molecule has 0 radical (unpaired) electrons. The van der Waals surface area contributed by atoms with Crippen molar-refractivity contribution in [3.05, 3.63) is 0 Å². The number of rotatable bonds is 8. The third kappa shape index (κ3) is 7.36. The lowest BCUT2D eigenvalue weighted by Crippen LogP contribution is -2.44. The number of hydrogen-bond donors (Lipinski definition) is 3. The number of carbonyl (C=O) groups excluding carboxylic acids is 1. The van der Waals surface area contributed by atoms with Crippen LogP contribution in [-0.2, 0) is 4.79 Å². The molecule has 1 aliphatic carbocycles. The summed E-state index contributed by atoms with van der Waals surface area (Å²) in [6.45, 7) is 2.90. The number of aliphatic carboxylic acids is 1. The molecule has 0 aromatic rings. The van der Waals surface area contributed by atoms with Gasteiger partial charge in [0.1, 0.15) is 0 Å². The molecule has 0 saturated heterocycles. The van der Waals surface area contributed by atoms with Gasteiger partial charge in [-0.15, -0.1) is 0 Å². The van der Waals surface area contributed by atoms with E-state index in [2.05, 4.69) is 17.6 Å². The molecule has 0 atom stereocenters. The van der Waals surface area contributed by atoms with Crippen LogP contribution in [0.15, 0.2) is 0 Å². The molecule has 0 unspecified atom stereocenters. The highest BCUT2D eigenvalue weighted by Crippen LogP contribution is 2.26. The van der Waals surface area contributed by atoms with E-state index in [0.29, 0.717) is 0 Å². The maximum atomic E-state index is 11.7. The van der Waals surface area contributed by atoms with Gasteiger partial charge in [0.2, 0.25) is 0 Å². The van der Waals surface area contributed by atoms with E-state index in [-0.39, 0.29) is 24.4 Å². The van der Waals surface area contributed by atoms with Crippen LogP contribution in [-0.4, -0.2) is 29.7 Å². The SMILES string of the molecule is CCCCCCNC(=O)NC1CCC(CC(=O)O)CC1. The summed E-state index contributed by atoms with van der Waals surface area (Å²) in [6, 6.07) is 0.124. The van der Waals surface area contributed by atoms with Crippen molar-refractivity contribution in [3.8, 4) is 0 Å². The Labute approximate surface area is 121 Å².